The average Bonchev–Trinajstić information content (AvgIpc) is 2.59. The van der Waals surface area contributed by atoms with Crippen molar-refractivity contribution >= 4 is 5.91 Å². The maximum atomic E-state index is 12.9. The maximum absolute atomic E-state index is 12.9. The summed E-state index contributed by atoms with van der Waals surface area (Å²) in [5.74, 6) is -0.278. The van der Waals surface area contributed by atoms with Gasteiger partial charge in [-0.3, -0.25) is 4.79 Å². The zero-order chi connectivity index (χ0) is 16.7. The first-order chi connectivity index (χ1) is 11.1. The highest BCUT2D eigenvalue weighted by Gasteiger charge is 2.15. The first-order valence-corrected chi connectivity index (χ1v) is 7.85. The van der Waals surface area contributed by atoms with E-state index >= 15 is 0 Å². The van der Waals surface area contributed by atoms with Crippen molar-refractivity contribution in [2.45, 2.75) is 31.8 Å². The molecule has 2 atom stereocenters. The van der Waals surface area contributed by atoms with Crippen LogP contribution < -0.4 is 5.32 Å². The molecule has 1 amide bonds. The molecule has 0 heterocycles. The van der Waals surface area contributed by atoms with E-state index < -0.39 is 6.10 Å². The van der Waals surface area contributed by atoms with Crippen LogP contribution in [0.15, 0.2) is 54.6 Å². The molecular formula is C19H22FNO2. The van der Waals surface area contributed by atoms with Crippen LogP contribution in [-0.4, -0.2) is 17.6 Å². The zero-order valence-electron chi connectivity index (χ0n) is 13.2. The van der Waals surface area contributed by atoms with Crippen LogP contribution in [0.5, 0.6) is 0 Å². The van der Waals surface area contributed by atoms with Gasteiger partial charge in [0.05, 0.1) is 6.10 Å². The number of amides is 1. The SMILES string of the molecule is CCC(CC(=O)NCC(O)c1ccc(F)cc1)c1ccccc1. The van der Waals surface area contributed by atoms with Gasteiger partial charge in [-0.25, -0.2) is 4.39 Å². The quantitative estimate of drug-likeness (QED) is 0.821. The summed E-state index contributed by atoms with van der Waals surface area (Å²) in [7, 11) is 0. The Morgan fingerprint density at radius 2 is 1.74 bits per heavy atom. The van der Waals surface area contributed by atoms with Crippen molar-refractivity contribution < 1.29 is 14.3 Å². The number of benzene rings is 2. The van der Waals surface area contributed by atoms with Crippen molar-refractivity contribution in [2.75, 3.05) is 6.54 Å². The van der Waals surface area contributed by atoms with E-state index in [4.69, 9.17) is 0 Å². The van der Waals surface area contributed by atoms with E-state index in [2.05, 4.69) is 12.2 Å². The number of halogens is 1. The number of nitrogens with one attached hydrogen (secondary N) is 1. The zero-order valence-corrected chi connectivity index (χ0v) is 13.2. The largest absolute Gasteiger partial charge is 0.387 e. The summed E-state index contributed by atoms with van der Waals surface area (Å²) >= 11 is 0. The molecule has 23 heavy (non-hydrogen) atoms. The predicted molar refractivity (Wildman–Crippen MR) is 88.5 cm³/mol. The highest BCUT2D eigenvalue weighted by molar-refractivity contribution is 5.76. The lowest BCUT2D eigenvalue weighted by Crippen LogP contribution is -2.29. The molecule has 0 aliphatic rings. The molecule has 2 aromatic carbocycles. The first-order valence-electron chi connectivity index (χ1n) is 7.85. The molecular weight excluding hydrogens is 293 g/mol. The van der Waals surface area contributed by atoms with Crippen LogP contribution in [0.2, 0.25) is 0 Å². The molecule has 2 aromatic rings. The molecule has 122 valence electrons. The first kappa shape index (κ1) is 17.2. The molecule has 0 aliphatic heterocycles. The molecule has 0 bridgehead atoms. The van der Waals surface area contributed by atoms with E-state index in [0.717, 1.165) is 12.0 Å². The highest BCUT2D eigenvalue weighted by Crippen LogP contribution is 2.22. The summed E-state index contributed by atoms with van der Waals surface area (Å²) < 4.78 is 12.9. The maximum Gasteiger partial charge on any atom is 0.220 e. The monoisotopic (exact) mass is 315 g/mol. The summed E-state index contributed by atoms with van der Waals surface area (Å²) in [6, 6.07) is 15.6. The molecule has 0 saturated carbocycles. The second kappa shape index (κ2) is 8.44. The average molecular weight is 315 g/mol. The minimum Gasteiger partial charge on any atom is -0.387 e. The van der Waals surface area contributed by atoms with Gasteiger partial charge in [-0.15, -0.1) is 0 Å². The number of rotatable bonds is 7. The van der Waals surface area contributed by atoms with Crippen LogP contribution >= 0.6 is 0 Å². The fourth-order valence-electron chi connectivity index (χ4n) is 2.53. The van der Waals surface area contributed by atoms with Crippen molar-refractivity contribution in [1.82, 2.24) is 5.32 Å². The van der Waals surface area contributed by atoms with Crippen LogP contribution in [0.3, 0.4) is 0 Å². The van der Waals surface area contributed by atoms with Crippen LogP contribution in [0.1, 0.15) is 42.9 Å². The fourth-order valence-corrected chi connectivity index (χ4v) is 2.53. The number of hydrogen-bond donors (Lipinski definition) is 2. The minimum absolute atomic E-state index is 0.0955. The summed E-state index contributed by atoms with van der Waals surface area (Å²) in [5.41, 5.74) is 1.73. The lowest BCUT2D eigenvalue weighted by atomic mass is 9.93. The van der Waals surface area contributed by atoms with Crippen LogP contribution in [0.25, 0.3) is 0 Å². The molecule has 2 rings (SSSR count). The lowest BCUT2D eigenvalue weighted by Gasteiger charge is -2.17. The Morgan fingerprint density at radius 1 is 1.09 bits per heavy atom. The van der Waals surface area contributed by atoms with Crippen LogP contribution in [0, 0.1) is 5.82 Å². The second-order valence-electron chi connectivity index (χ2n) is 5.59. The summed E-state index contributed by atoms with van der Waals surface area (Å²) in [6.07, 6.45) is 0.422. The summed E-state index contributed by atoms with van der Waals surface area (Å²) in [6.45, 7) is 2.17. The van der Waals surface area contributed by atoms with Crippen molar-refractivity contribution in [3.63, 3.8) is 0 Å². The van der Waals surface area contributed by atoms with E-state index in [1.165, 1.54) is 24.3 Å². The Balaban J connectivity index is 1.85. The molecule has 0 spiro atoms. The van der Waals surface area contributed by atoms with E-state index in [-0.39, 0.29) is 24.2 Å². The molecule has 2 unspecified atom stereocenters. The predicted octanol–water partition coefficient (Wildman–Crippen LogP) is 3.56. The van der Waals surface area contributed by atoms with Gasteiger partial charge in [-0.05, 0) is 35.6 Å². The summed E-state index contributed by atoms with van der Waals surface area (Å²) in [5, 5.41) is 12.8. The molecule has 0 aromatic heterocycles. The third-order valence-electron chi connectivity index (χ3n) is 3.94. The number of aliphatic hydroxyl groups is 1. The van der Waals surface area contributed by atoms with Crippen molar-refractivity contribution in [3.8, 4) is 0 Å². The molecule has 0 aliphatic carbocycles. The minimum atomic E-state index is -0.837. The molecule has 0 fully saturated rings. The Labute approximate surface area is 136 Å². The molecule has 0 radical (unpaired) electrons. The molecule has 3 nitrogen and oxygen atoms in total. The standard InChI is InChI=1S/C19H22FNO2/c1-2-14(15-6-4-3-5-7-15)12-19(23)21-13-18(22)16-8-10-17(20)11-9-16/h3-11,14,18,22H,2,12-13H2,1H3,(H,21,23). The Bertz CT molecular complexity index is 613. The molecule has 0 saturated heterocycles. The number of carbonyl (C=O) groups is 1. The third kappa shape index (κ3) is 5.18. The van der Waals surface area contributed by atoms with Gasteiger partial charge in [0, 0.05) is 13.0 Å². The smallest absolute Gasteiger partial charge is 0.220 e. The number of carbonyl (C=O) groups excluding carboxylic acids is 1. The van der Waals surface area contributed by atoms with Gasteiger partial charge in [0.25, 0.3) is 0 Å². The van der Waals surface area contributed by atoms with E-state index in [0.29, 0.717) is 12.0 Å². The summed E-state index contributed by atoms with van der Waals surface area (Å²) in [4.78, 5) is 12.1. The van der Waals surface area contributed by atoms with Crippen LogP contribution in [-0.2, 0) is 4.79 Å². The van der Waals surface area contributed by atoms with E-state index in [1.807, 2.05) is 30.3 Å². The van der Waals surface area contributed by atoms with Crippen LogP contribution in [0.4, 0.5) is 4.39 Å². The van der Waals surface area contributed by atoms with E-state index in [9.17, 15) is 14.3 Å². The lowest BCUT2D eigenvalue weighted by molar-refractivity contribution is -0.122. The van der Waals surface area contributed by atoms with Gasteiger partial charge in [0.2, 0.25) is 5.91 Å². The third-order valence-corrected chi connectivity index (χ3v) is 3.94. The van der Waals surface area contributed by atoms with E-state index in [1.54, 1.807) is 0 Å². The Morgan fingerprint density at radius 3 is 2.35 bits per heavy atom. The molecule has 4 heteroatoms. The second-order valence-corrected chi connectivity index (χ2v) is 5.59. The number of hydrogen-bond acceptors (Lipinski definition) is 2. The van der Waals surface area contributed by atoms with Gasteiger partial charge in [0.1, 0.15) is 5.82 Å². The Kier molecular flexibility index (Phi) is 6.29. The highest BCUT2D eigenvalue weighted by atomic mass is 19.1. The van der Waals surface area contributed by atoms with Crippen molar-refractivity contribution in [1.29, 1.82) is 0 Å². The van der Waals surface area contributed by atoms with Crippen molar-refractivity contribution in [3.05, 3.63) is 71.5 Å². The van der Waals surface area contributed by atoms with Gasteiger partial charge in [0.15, 0.2) is 0 Å². The van der Waals surface area contributed by atoms with Gasteiger partial charge >= 0.3 is 0 Å². The number of aliphatic hydroxyl groups excluding tert-OH is 1. The van der Waals surface area contributed by atoms with Gasteiger partial charge in [-0.1, -0.05) is 49.4 Å². The van der Waals surface area contributed by atoms with Crippen molar-refractivity contribution in [2.24, 2.45) is 0 Å². The topological polar surface area (TPSA) is 49.3 Å². The fraction of sp³-hybridized carbons (Fsp3) is 0.316. The molecule has 2 N–H and O–H groups in total. The Hall–Kier alpha value is -2.20. The van der Waals surface area contributed by atoms with Gasteiger partial charge in [-0.2, -0.15) is 0 Å². The normalized spacial score (nSPS) is 13.3. The van der Waals surface area contributed by atoms with Gasteiger partial charge < -0.3 is 10.4 Å².